The largest absolute Gasteiger partial charge is 0.399 e. The summed E-state index contributed by atoms with van der Waals surface area (Å²) < 4.78 is 13.1. The predicted octanol–water partition coefficient (Wildman–Crippen LogP) is 3.62. The van der Waals surface area contributed by atoms with Crippen LogP contribution in [0.2, 0.25) is 5.02 Å². The molecule has 2 aromatic rings. The molecule has 0 spiro atoms. The van der Waals surface area contributed by atoms with Gasteiger partial charge in [-0.3, -0.25) is 0 Å². The average Bonchev–Trinajstić information content (AvgIpc) is 2.76. The summed E-state index contributed by atoms with van der Waals surface area (Å²) in [7, 11) is 0. The number of nitrogen functional groups attached to an aromatic ring is 1. The molecule has 0 bridgehead atoms. The lowest BCUT2D eigenvalue weighted by Gasteiger charge is -2.19. The van der Waals surface area contributed by atoms with Crippen molar-refractivity contribution in [2.24, 2.45) is 0 Å². The maximum atomic E-state index is 13.1. The third-order valence-electron chi connectivity index (χ3n) is 3.45. The van der Waals surface area contributed by atoms with E-state index in [2.05, 4.69) is 4.90 Å². The molecule has 0 amide bonds. The first-order valence-electron chi connectivity index (χ1n) is 6.21. The lowest BCUT2D eigenvalue weighted by Crippen LogP contribution is -2.19. The second kappa shape index (κ2) is 4.74. The van der Waals surface area contributed by atoms with Crippen molar-refractivity contribution < 1.29 is 4.39 Å². The minimum absolute atomic E-state index is 0.175. The quantitative estimate of drug-likeness (QED) is 0.849. The van der Waals surface area contributed by atoms with Crippen molar-refractivity contribution in [3.63, 3.8) is 0 Å². The topological polar surface area (TPSA) is 29.3 Å². The van der Waals surface area contributed by atoms with Crippen molar-refractivity contribution in [3.8, 4) is 0 Å². The Bertz CT molecular complexity index is 628. The van der Waals surface area contributed by atoms with E-state index in [1.807, 2.05) is 18.2 Å². The number of fused-ring (bicyclic) bond motifs is 1. The summed E-state index contributed by atoms with van der Waals surface area (Å²) >= 11 is 5.81. The van der Waals surface area contributed by atoms with Gasteiger partial charge in [0, 0.05) is 24.5 Å². The molecule has 0 unspecified atom stereocenters. The number of halogens is 2. The molecule has 0 aromatic heterocycles. The van der Waals surface area contributed by atoms with E-state index >= 15 is 0 Å². The Morgan fingerprint density at radius 1 is 1.21 bits per heavy atom. The van der Waals surface area contributed by atoms with Gasteiger partial charge in [-0.25, -0.2) is 4.39 Å². The Balaban J connectivity index is 1.84. The van der Waals surface area contributed by atoms with Gasteiger partial charge in [0.25, 0.3) is 0 Å². The molecule has 1 heterocycles. The van der Waals surface area contributed by atoms with Crippen molar-refractivity contribution in [1.29, 1.82) is 0 Å². The van der Waals surface area contributed by atoms with E-state index in [0.29, 0.717) is 0 Å². The molecular weight excluding hydrogens is 263 g/mol. The van der Waals surface area contributed by atoms with Crippen LogP contribution in [-0.2, 0) is 13.0 Å². The van der Waals surface area contributed by atoms with E-state index in [-0.39, 0.29) is 10.8 Å². The first-order chi connectivity index (χ1) is 9.13. The monoisotopic (exact) mass is 276 g/mol. The number of nitrogens with two attached hydrogens (primary N) is 1. The normalized spacial score (nSPS) is 13.7. The SMILES string of the molecule is Nc1ccc2c(c1)CCN2Cc1ccc(F)c(Cl)c1. The number of rotatable bonds is 2. The van der Waals surface area contributed by atoms with E-state index in [1.165, 1.54) is 17.3 Å². The van der Waals surface area contributed by atoms with Crippen molar-refractivity contribution >= 4 is 23.0 Å². The smallest absolute Gasteiger partial charge is 0.141 e. The summed E-state index contributed by atoms with van der Waals surface area (Å²) in [6.07, 6.45) is 0.995. The molecule has 0 saturated carbocycles. The lowest BCUT2D eigenvalue weighted by molar-refractivity contribution is 0.627. The fourth-order valence-corrected chi connectivity index (χ4v) is 2.72. The number of benzene rings is 2. The molecular formula is C15H14ClFN2. The molecule has 2 N–H and O–H groups in total. The van der Waals surface area contributed by atoms with Crippen LogP contribution in [0.1, 0.15) is 11.1 Å². The van der Waals surface area contributed by atoms with Crippen LogP contribution in [0.3, 0.4) is 0 Å². The van der Waals surface area contributed by atoms with Gasteiger partial charge in [0.15, 0.2) is 0 Å². The summed E-state index contributed by atoms with van der Waals surface area (Å²) in [6, 6.07) is 10.9. The Morgan fingerprint density at radius 3 is 2.84 bits per heavy atom. The molecule has 2 aromatic carbocycles. The zero-order chi connectivity index (χ0) is 13.4. The third-order valence-corrected chi connectivity index (χ3v) is 3.74. The van der Waals surface area contributed by atoms with Crippen LogP contribution >= 0.6 is 11.6 Å². The van der Waals surface area contributed by atoms with Gasteiger partial charge >= 0.3 is 0 Å². The van der Waals surface area contributed by atoms with Crippen LogP contribution in [0.25, 0.3) is 0 Å². The van der Waals surface area contributed by atoms with Crippen molar-refractivity contribution in [3.05, 3.63) is 58.4 Å². The molecule has 1 aliphatic rings. The highest BCUT2D eigenvalue weighted by atomic mass is 35.5. The van der Waals surface area contributed by atoms with E-state index in [1.54, 1.807) is 12.1 Å². The molecule has 2 nitrogen and oxygen atoms in total. The Kier molecular flexibility index (Phi) is 3.07. The highest BCUT2D eigenvalue weighted by molar-refractivity contribution is 6.30. The highest BCUT2D eigenvalue weighted by Crippen LogP contribution is 2.31. The highest BCUT2D eigenvalue weighted by Gasteiger charge is 2.19. The van der Waals surface area contributed by atoms with Crippen LogP contribution in [0, 0.1) is 5.82 Å². The molecule has 0 radical (unpaired) electrons. The summed E-state index contributed by atoms with van der Waals surface area (Å²) in [5, 5.41) is 0.175. The second-order valence-electron chi connectivity index (χ2n) is 4.81. The Labute approximate surface area is 116 Å². The summed E-state index contributed by atoms with van der Waals surface area (Å²) in [5.74, 6) is -0.375. The van der Waals surface area contributed by atoms with E-state index < -0.39 is 0 Å². The molecule has 0 saturated heterocycles. The van der Waals surface area contributed by atoms with Crippen LogP contribution in [0.5, 0.6) is 0 Å². The van der Waals surface area contributed by atoms with Gasteiger partial charge < -0.3 is 10.6 Å². The third kappa shape index (κ3) is 2.38. The molecule has 19 heavy (non-hydrogen) atoms. The van der Waals surface area contributed by atoms with Gasteiger partial charge in [-0.2, -0.15) is 0 Å². The summed E-state index contributed by atoms with van der Waals surface area (Å²) in [6.45, 7) is 1.69. The Hall–Kier alpha value is -1.74. The van der Waals surface area contributed by atoms with Gasteiger partial charge in [-0.1, -0.05) is 17.7 Å². The first-order valence-corrected chi connectivity index (χ1v) is 6.58. The Morgan fingerprint density at radius 2 is 2.05 bits per heavy atom. The van der Waals surface area contributed by atoms with Crippen molar-refractivity contribution in [2.45, 2.75) is 13.0 Å². The molecule has 0 aliphatic carbocycles. The minimum Gasteiger partial charge on any atom is -0.399 e. The fraction of sp³-hybridized carbons (Fsp3) is 0.200. The lowest BCUT2D eigenvalue weighted by atomic mass is 10.1. The first kappa shape index (κ1) is 12.3. The molecule has 4 heteroatoms. The molecule has 3 rings (SSSR count). The van der Waals surface area contributed by atoms with Crippen molar-refractivity contribution in [2.75, 3.05) is 17.2 Å². The van der Waals surface area contributed by atoms with Crippen LogP contribution in [-0.4, -0.2) is 6.54 Å². The van der Waals surface area contributed by atoms with Gasteiger partial charge in [-0.15, -0.1) is 0 Å². The number of hydrogen-bond acceptors (Lipinski definition) is 2. The van der Waals surface area contributed by atoms with E-state index in [0.717, 1.165) is 30.8 Å². The second-order valence-corrected chi connectivity index (χ2v) is 5.22. The molecule has 1 aliphatic heterocycles. The van der Waals surface area contributed by atoms with Gasteiger partial charge in [0.05, 0.1) is 5.02 Å². The van der Waals surface area contributed by atoms with Gasteiger partial charge in [0.1, 0.15) is 5.82 Å². The van der Waals surface area contributed by atoms with E-state index in [9.17, 15) is 4.39 Å². The number of anilines is 2. The zero-order valence-corrected chi connectivity index (χ0v) is 11.1. The van der Waals surface area contributed by atoms with Crippen molar-refractivity contribution in [1.82, 2.24) is 0 Å². The fourth-order valence-electron chi connectivity index (χ4n) is 2.51. The summed E-state index contributed by atoms with van der Waals surface area (Å²) in [5.41, 5.74) is 10.1. The van der Waals surface area contributed by atoms with Crippen LogP contribution in [0.4, 0.5) is 15.8 Å². The van der Waals surface area contributed by atoms with E-state index in [4.69, 9.17) is 17.3 Å². The standard InChI is InChI=1S/C15H14ClFN2/c16-13-7-10(1-3-14(13)17)9-19-6-5-11-8-12(18)2-4-15(11)19/h1-4,7-8H,5-6,9,18H2. The number of hydrogen-bond donors (Lipinski definition) is 1. The molecule has 0 fully saturated rings. The average molecular weight is 277 g/mol. The molecule has 0 atom stereocenters. The van der Waals surface area contributed by atoms with Gasteiger partial charge in [-0.05, 0) is 47.9 Å². The predicted molar refractivity (Wildman–Crippen MR) is 77.0 cm³/mol. The van der Waals surface area contributed by atoms with Crippen LogP contribution < -0.4 is 10.6 Å². The zero-order valence-electron chi connectivity index (χ0n) is 10.4. The van der Waals surface area contributed by atoms with Gasteiger partial charge in [0.2, 0.25) is 0 Å². The number of nitrogens with zero attached hydrogens (tertiary/aromatic N) is 1. The maximum absolute atomic E-state index is 13.1. The van der Waals surface area contributed by atoms with Crippen LogP contribution in [0.15, 0.2) is 36.4 Å². The summed E-state index contributed by atoms with van der Waals surface area (Å²) in [4.78, 5) is 2.26. The molecule has 98 valence electrons. The minimum atomic E-state index is -0.375. The maximum Gasteiger partial charge on any atom is 0.141 e.